The first-order chi connectivity index (χ1) is 13.1. The Hall–Kier alpha value is -2.47. The molecule has 0 saturated heterocycles. The molecule has 0 spiro atoms. The minimum atomic E-state index is -0.0808. The van der Waals surface area contributed by atoms with E-state index in [4.69, 9.17) is 0 Å². The second-order valence-corrected chi connectivity index (χ2v) is 6.99. The van der Waals surface area contributed by atoms with Gasteiger partial charge in [0.15, 0.2) is 5.96 Å². The van der Waals surface area contributed by atoms with Crippen molar-refractivity contribution >= 4 is 23.6 Å². The van der Waals surface area contributed by atoms with Crippen LogP contribution in [0, 0.1) is 6.92 Å². The maximum atomic E-state index is 11.6. The molecule has 0 saturated carbocycles. The van der Waals surface area contributed by atoms with Crippen LogP contribution in [0.1, 0.15) is 34.0 Å². The van der Waals surface area contributed by atoms with E-state index < -0.39 is 0 Å². The van der Waals surface area contributed by atoms with Crippen LogP contribution in [0.4, 0.5) is 0 Å². The van der Waals surface area contributed by atoms with Crippen LogP contribution in [-0.4, -0.2) is 31.7 Å². The molecule has 0 atom stereocenters. The second kappa shape index (κ2) is 10.6. The summed E-state index contributed by atoms with van der Waals surface area (Å²) in [6.07, 6.45) is 2.10. The molecule has 2 aromatic carbocycles. The summed E-state index contributed by atoms with van der Waals surface area (Å²) in [6.45, 7) is 6.22. The van der Waals surface area contributed by atoms with Crippen molar-refractivity contribution in [2.45, 2.75) is 31.8 Å². The summed E-state index contributed by atoms with van der Waals surface area (Å²) in [5.74, 6) is 0.697. The minimum Gasteiger partial charge on any atom is -0.357 e. The van der Waals surface area contributed by atoms with Crippen molar-refractivity contribution in [2.75, 3.05) is 19.8 Å². The van der Waals surface area contributed by atoms with Gasteiger partial charge < -0.3 is 16.0 Å². The average molecular weight is 385 g/mol. The summed E-state index contributed by atoms with van der Waals surface area (Å²) < 4.78 is 0. The molecule has 2 rings (SSSR count). The topological polar surface area (TPSA) is 65.5 Å². The molecule has 27 heavy (non-hydrogen) atoms. The van der Waals surface area contributed by atoms with Crippen molar-refractivity contribution in [3.8, 4) is 0 Å². The van der Waals surface area contributed by atoms with Gasteiger partial charge in [-0.15, -0.1) is 11.8 Å². The van der Waals surface area contributed by atoms with Crippen molar-refractivity contribution in [2.24, 2.45) is 4.99 Å². The maximum Gasteiger partial charge on any atom is 0.251 e. The van der Waals surface area contributed by atoms with Crippen LogP contribution >= 0.6 is 11.8 Å². The van der Waals surface area contributed by atoms with Gasteiger partial charge in [0.2, 0.25) is 0 Å². The van der Waals surface area contributed by atoms with E-state index in [9.17, 15) is 4.79 Å². The number of carbonyl (C=O) groups is 1. The van der Waals surface area contributed by atoms with Crippen LogP contribution in [0.15, 0.2) is 52.4 Å². The van der Waals surface area contributed by atoms with Crippen LogP contribution in [0.5, 0.6) is 0 Å². The quantitative estimate of drug-likeness (QED) is 0.389. The fraction of sp³-hybridized carbons (Fsp3) is 0.333. The van der Waals surface area contributed by atoms with Gasteiger partial charge >= 0.3 is 0 Å². The lowest BCUT2D eigenvalue weighted by Crippen LogP contribution is -2.36. The number of aryl methyl sites for hydroxylation is 1. The van der Waals surface area contributed by atoms with Gasteiger partial charge in [0.1, 0.15) is 0 Å². The van der Waals surface area contributed by atoms with E-state index in [0.29, 0.717) is 12.1 Å². The molecule has 0 aromatic heterocycles. The number of guanidine groups is 1. The van der Waals surface area contributed by atoms with E-state index in [1.54, 1.807) is 18.8 Å². The van der Waals surface area contributed by atoms with Crippen molar-refractivity contribution in [1.29, 1.82) is 0 Å². The predicted molar refractivity (Wildman–Crippen MR) is 114 cm³/mol. The van der Waals surface area contributed by atoms with Crippen LogP contribution in [0.2, 0.25) is 0 Å². The summed E-state index contributed by atoms with van der Waals surface area (Å²) >= 11 is 1.76. The fourth-order valence-corrected chi connectivity index (χ4v) is 3.30. The SMILES string of the molecule is CCNC(=NCc1ccc(C(=O)NC)cc1)NCc1ccc(C)cc1SC. The van der Waals surface area contributed by atoms with E-state index in [1.807, 2.05) is 24.3 Å². The Morgan fingerprint density at radius 2 is 1.85 bits per heavy atom. The molecular formula is C21H28N4OS. The Bertz CT molecular complexity index is 787. The number of nitrogens with one attached hydrogen (secondary N) is 3. The monoisotopic (exact) mass is 384 g/mol. The Balaban J connectivity index is 2.03. The Kier molecular flexibility index (Phi) is 8.20. The van der Waals surface area contributed by atoms with E-state index in [1.165, 1.54) is 16.0 Å². The number of benzene rings is 2. The number of carbonyl (C=O) groups excluding carboxylic acids is 1. The zero-order valence-electron chi connectivity index (χ0n) is 16.4. The molecule has 0 aliphatic rings. The van der Waals surface area contributed by atoms with Gasteiger partial charge in [0.05, 0.1) is 6.54 Å². The molecular weight excluding hydrogens is 356 g/mol. The lowest BCUT2D eigenvalue weighted by Gasteiger charge is -2.14. The molecule has 3 N–H and O–H groups in total. The summed E-state index contributed by atoms with van der Waals surface area (Å²) in [6, 6.07) is 14.0. The smallest absolute Gasteiger partial charge is 0.251 e. The number of rotatable bonds is 7. The number of thioether (sulfide) groups is 1. The van der Waals surface area contributed by atoms with Crippen molar-refractivity contribution in [1.82, 2.24) is 16.0 Å². The molecule has 1 amide bonds. The molecule has 6 heteroatoms. The number of aliphatic imine (C=N–C) groups is 1. The third-order valence-electron chi connectivity index (χ3n) is 4.10. The Morgan fingerprint density at radius 1 is 1.11 bits per heavy atom. The highest BCUT2D eigenvalue weighted by molar-refractivity contribution is 7.98. The van der Waals surface area contributed by atoms with Crippen LogP contribution < -0.4 is 16.0 Å². The highest BCUT2D eigenvalue weighted by Crippen LogP contribution is 2.21. The molecule has 5 nitrogen and oxygen atoms in total. The van der Waals surface area contributed by atoms with E-state index in [-0.39, 0.29) is 5.91 Å². The zero-order chi connectivity index (χ0) is 19.6. The van der Waals surface area contributed by atoms with Gasteiger partial charge in [0.25, 0.3) is 5.91 Å². The van der Waals surface area contributed by atoms with E-state index >= 15 is 0 Å². The van der Waals surface area contributed by atoms with Crippen LogP contribution in [-0.2, 0) is 13.1 Å². The Morgan fingerprint density at radius 3 is 2.48 bits per heavy atom. The van der Waals surface area contributed by atoms with Gasteiger partial charge in [-0.05, 0) is 55.0 Å². The van der Waals surface area contributed by atoms with Gasteiger partial charge in [-0.2, -0.15) is 0 Å². The first-order valence-electron chi connectivity index (χ1n) is 9.04. The maximum absolute atomic E-state index is 11.6. The largest absolute Gasteiger partial charge is 0.357 e. The molecule has 0 aliphatic heterocycles. The van der Waals surface area contributed by atoms with Gasteiger partial charge in [-0.3, -0.25) is 4.79 Å². The third kappa shape index (κ3) is 6.32. The fourth-order valence-electron chi connectivity index (χ4n) is 2.59. The summed E-state index contributed by atoms with van der Waals surface area (Å²) in [7, 11) is 1.63. The number of amides is 1. The van der Waals surface area contributed by atoms with Gasteiger partial charge in [-0.1, -0.05) is 24.3 Å². The molecule has 0 fully saturated rings. The molecule has 0 bridgehead atoms. The van der Waals surface area contributed by atoms with E-state index in [2.05, 4.69) is 59.2 Å². The number of hydrogen-bond donors (Lipinski definition) is 3. The molecule has 0 aliphatic carbocycles. The summed E-state index contributed by atoms with van der Waals surface area (Å²) in [5.41, 5.74) is 4.23. The van der Waals surface area contributed by atoms with Crippen LogP contribution in [0.25, 0.3) is 0 Å². The Labute approximate surface area is 166 Å². The standard InChI is InChI=1S/C21H28N4OS/c1-5-23-21(25-14-18-9-6-15(2)12-19(18)27-4)24-13-16-7-10-17(11-8-16)20(26)22-3/h6-12H,5,13-14H2,1-4H3,(H,22,26)(H2,23,24,25). The van der Waals surface area contributed by atoms with Crippen LogP contribution in [0.3, 0.4) is 0 Å². The molecule has 0 unspecified atom stereocenters. The highest BCUT2D eigenvalue weighted by atomic mass is 32.2. The normalized spacial score (nSPS) is 11.2. The van der Waals surface area contributed by atoms with Gasteiger partial charge in [-0.25, -0.2) is 4.99 Å². The highest BCUT2D eigenvalue weighted by Gasteiger charge is 2.05. The summed E-state index contributed by atoms with van der Waals surface area (Å²) in [4.78, 5) is 17.5. The first kappa shape index (κ1) is 20.8. The predicted octanol–water partition coefficient (Wildman–Crippen LogP) is 3.33. The number of hydrogen-bond acceptors (Lipinski definition) is 3. The minimum absolute atomic E-state index is 0.0808. The third-order valence-corrected chi connectivity index (χ3v) is 4.92. The van der Waals surface area contributed by atoms with Crippen molar-refractivity contribution < 1.29 is 4.79 Å². The average Bonchev–Trinajstić information content (AvgIpc) is 2.70. The number of nitrogens with zero attached hydrogens (tertiary/aromatic N) is 1. The molecule has 0 radical (unpaired) electrons. The van der Waals surface area contributed by atoms with E-state index in [0.717, 1.165) is 24.6 Å². The lowest BCUT2D eigenvalue weighted by atomic mass is 10.1. The van der Waals surface area contributed by atoms with Crippen molar-refractivity contribution in [3.63, 3.8) is 0 Å². The first-order valence-corrected chi connectivity index (χ1v) is 10.3. The van der Waals surface area contributed by atoms with Crippen molar-refractivity contribution in [3.05, 3.63) is 64.7 Å². The van der Waals surface area contributed by atoms with Gasteiger partial charge in [0, 0.05) is 30.6 Å². The lowest BCUT2D eigenvalue weighted by molar-refractivity contribution is 0.0963. The molecule has 2 aromatic rings. The second-order valence-electron chi connectivity index (χ2n) is 6.14. The molecule has 144 valence electrons. The zero-order valence-corrected chi connectivity index (χ0v) is 17.2. The summed E-state index contributed by atoms with van der Waals surface area (Å²) in [5, 5.41) is 9.30. The molecule has 0 heterocycles.